The summed E-state index contributed by atoms with van der Waals surface area (Å²) in [4.78, 5) is 40.3. The lowest BCUT2D eigenvalue weighted by molar-refractivity contribution is -0.141. The molecule has 1 rings (SSSR count). The highest BCUT2D eigenvalue weighted by Gasteiger charge is 2.41. The van der Waals surface area contributed by atoms with Crippen LogP contribution in [0.15, 0.2) is 35.9 Å². The number of nitrogens with zero attached hydrogens (tertiary/aromatic N) is 1. The van der Waals surface area contributed by atoms with Crippen molar-refractivity contribution in [3.05, 3.63) is 41.5 Å². The highest BCUT2D eigenvalue weighted by atomic mass is 16.5. The fraction of sp³-hybridized carbons (Fsp3) is 0.607. The second kappa shape index (κ2) is 12.4. The zero-order valence-corrected chi connectivity index (χ0v) is 23.7. The van der Waals surface area contributed by atoms with Gasteiger partial charge in [-0.2, -0.15) is 0 Å². The first-order chi connectivity index (χ1) is 16.5. The molecule has 8 nitrogen and oxygen atoms in total. The zero-order valence-electron chi connectivity index (χ0n) is 23.7. The van der Waals surface area contributed by atoms with E-state index in [0.717, 1.165) is 11.3 Å². The lowest BCUT2D eigenvalue weighted by Crippen LogP contribution is -2.61. The summed E-state index contributed by atoms with van der Waals surface area (Å²) in [5.74, 6) is -0.892. The Balaban J connectivity index is 3.30. The summed E-state index contributed by atoms with van der Waals surface area (Å²) >= 11 is 0. The van der Waals surface area contributed by atoms with Gasteiger partial charge in [0.05, 0.1) is 19.2 Å². The van der Waals surface area contributed by atoms with Gasteiger partial charge in [-0.05, 0) is 43.0 Å². The van der Waals surface area contributed by atoms with Crippen LogP contribution in [0.3, 0.4) is 0 Å². The molecule has 0 bridgehead atoms. The molecule has 0 aliphatic heterocycles. The Labute approximate surface area is 216 Å². The molecule has 0 radical (unpaired) electrons. The van der Waals surface area contributed by atoms with E-state index in [0.29, 0.717) is 0 Å². The predicted molar refractivity (Wildman–Crippen MR) is 143 cm³/mol. The number of carboxylic acid groups (broad SMARTS) is 1. The van der Waals surface area contributed by atoms with E-state index in [1.807, 2.05) is 72.7 Å². The normalized spacial score (nSPS) is 15.2. The zero-order chi connectivity index (χ0) is 28.0. The molecule has 1 aromatic rings. The summed E-state index contributed by atoms with van der Waals surface area (Å²) in [7, 11) is 4.98. The van der Waals surface area contributed by atoms with Gasteiger partial charge in [0.2, 0.25) is 11.8 Å². The van der Waals surface area contributed by atoms with E-state index in [4.69, 9.17) is 4.74 Å². The third-order valence-corrected chi connectivity index (χ3v) is 6.74. The van der Waals surface area contributed by atoms with E-state index in [2.05, 4.69) is 10.6 Å². The number of likely N-dealkylation sites (N-methyl/N-ethyl adjacent to an activating group) is 2. The molecule has 2 amide bonds. The van der Waals surface area contributed by atoms with Crippen LogP contribution in [0.4, 0.5) is 0 Å². The Hall–Kier alpha value is -2.87. The van der Waals surface area contributed by atoms with Crippen LogP contribution >= 0.6 is 0 Å². The number of ether oxygens (including phenoxy) is 1. The molecule has 3 atom stereocenters. The molecule has 36 heavy (non-hydrogen) atoms. The van der Waals surface area contributed by atoms with Gasteiger partial charge in [0.1, 0.15) is 11.8 Å². The molecule has 0 heterocycles. The summed E-state index contributed by atoms with van der Waals surface area (Å²) in [6.45, 7) is 15.0. The Morgan fingerprint density at radius 2 is 1.56 bits per heavy atom. The first kappa shape index (κ1) is 31.2. The highest BCUT2D eigenvalue weighted by molar-refractivity contribution is 5.91. The van der Waals surface area contributed by atoms with Gasteiger partial charge in [-0.15, -0.1) is 0 Å². The molecule has 0 saturated carbocycles. The van der Waals surface area contributed by atoms with E-state index in [1.54, 1.807) is 27.3 Å². The quantitative estimate of drug-likeness (QED) is 0.398. The van der Waals surface area contributed by atoms with E-state index in [9.17, 15) is 19.5 Å². The lowest BCUT2D eigenvalue weighted by atomic mass is 9.76. The number of hydrogen-bond donors (Lipinski definition) is 3. The van der Waals surface area contributed by atoms with Gasteiger partial charge < -0.3 is 25.4 Å². The molecular formula is C28H45N3O5. The fourth-order valence-corrected chi connectivity index (χ4v) is 4.31. The van der Waals surface area contributed by atoms with Crippen LogP contribution in [0.2, 0.25) is 0 Å². The number of carbonyl (C=O) groups is 3. The van der Waals surface area contributed by atoms with E-state index < -0.39 is 34.9 Å². The molecular weight excluding hydrogens is 458 g/mol. The van der Waals surface area contributed by atoms with Crippen LogP contribution in [0.5, 0.6) is 5.75 Å². The molecule has 0 spiro atoms. The summed E-state index contributed by atoms with van der Waals surface area (Å²) in [6.07, 6.45) is 1.59. The van der Waals surface area contributed by atoms with Gasteiger partial charge in [0.15, 0.2) is 0 Å². The second-order valence-electron chi connectivity index (χ2n) is 11.3. The van der Waals surface area contributed by atoms with Crippen molar-refractivity contribution in [1.82, 2.24) is 15.5 Å². The number of benzene rings is 1. The van der Waals surface area contributed by atoms with Crippen molar-refractivity contribution >= 4 is 17.8 Å². The molecule has 0 aliphatic carbocycles. The third-order valence-electron chi connectivity index (χ3n) is 6.74. The minimum atomic E-state index is -1.03. The number of rotatable bonds is 11. The molecule has 0 aliphatic rings. The number of carboxylic acids is 1. The highest BCUT2D eigenvalue weighted by Crippen LogP contribution is 2.30. The minimum absolute atomic E-state index is 0.0244. The van der Waals surface area contributed by atoms with Crippen LogP contribution in [-0.4, -0.2) is 67.1 Å². The van der Waals surface area contributed by atoms with Gasteiger partial charge in [0.25, 0.3) is 0 Å². The van der Waals surface area contributed by atoms with Crippen LogP contribution in [0, 0.1) is 11.3 Å². The summed E-state index contributed by atoms with van der Waals surface area (Å²) < 4.78 is 5.25. The average molecular weight is 504 g/mol. The van der Waals surface area contributed by atoms with Crippen molar-refractivity contribution in [2.75, 3.05) is 21.2 Å². The van der Waals surface area contributed by atoms with Gasteiger partial charge in [0, 0.05) is 18.0 Å². The standard InChI is InChI=1S/C28H45N3O5/c1-17(2)21(16-18(3)26(34)35)31(10)25(33)23(27(4,5)6)30-24(32)22(29-9)28(7,8)19-12-14-20(36-11)15-13-19/h12-17,21-23,29H,1-11H3,(H,30,32)(H,34,35)/t21-,22-,23-/m1/s1. The molecule has 0 aromatic heterocycles. The maximum Gasteiger partial charge on any atom is 0.331 e. The van der Waals surface area contributed by atoms with Crippen LogP contribution < -0.4 is 15.4 Å². The van der Waals surface area contributed by atoms with E-state index >= 15 is 0 Å². The maximum absolute atomic E-state index is 13.7. The monoisotopic (exact) mass is 503 g/mol. The Morgan fingerprint density at radius 1 is 1.03 bits per heavy atom. The van der Waals surface area contributed by atoms with Gasteiger partial charge in [-0.3, -0.25) is 9.59 Å². The molecule has 8 heteroatoms. The van der Waals surface area contributed by atoms with Crippen LogP contribution in [-0.2, 0) is 19.8 Å². The molecule has 202 valence electrons. The Kier molecular flexibility index (Phi) is 10.7. The van der Waals surface area contributed by atoms with Crippen molar-refractivity contribution in [2.45, 2.75) is 78.9 Å². The first-order valence-electron chi connectivity index (χ1n) is 12.3. The van der Waals surface area contributed by atoms with Crippen LogP contribution in [0.1, 0.15) is 61.0 Å². The number of carbonyl (C=O) groups excluding carboxylic acids is 2. The molecule has 0 unspecified atom stereocenters. The molecule has 0 saturated heterocycles. The van der Waals surface area contributed by atoms with Crippen molar-refractivity contribution in [2.24, 2.45) is 11.3 Å². The van der Waals surface area contributed by atoms with Gasteiger partial charge in [-0.1, -0.05) is 66.7 Å². The lowest BCUT2D eigenvalue weighted by Gasteiger charge is -2.40. The van der Waals surface area contributed by atoms with Crippen molar-refractivity contribution in [1.29, 1.82) is 0 Å². The van der Waals surface area contributed by atoms with Crippen LogP contribution in [0.25, 0.3) is 0 Å². The summed E-state index contributed by atoms with van der Waals surface area (Å²) in [6, 6.07) is 5.70. The smallest absolute Gasteiger partial charge is 0.331 e. The Bertz CT molecular complexity index is 945. The molecule has 1 aromatic carbocycles. The third kappa shape index (κ3) is 7.56. The fourth-order valence-electron chi connectivity index (χ4n) is 4.31. The van der Waals surface area contributed by atoms with E-state index in [-0.39, 0.29) is 23.3 Å². The largest absolute Gasteiger partial charge is 0.497 e. The second-order valence-corrected chi connectivity index (χ2v) is 11.3. The van der Waals surface area contributed by atoms with Crippen molar-refractivity contribution in [3.8, 4) is 5.75 Å². The number of amides is 2. The number of methoxy groups -OCH3 is 1. The average Bonchev–Trinajstić information content (AvgIpc) is 2.79. The van der Waals surface area contributed by atoms with Crippen molar-refractivity contribution < 1.29 is 24.2 Å². The topological polar surface area (TPSA) is 108 Å². The number of hydrogen-bond acceptors (Lipinski definition) is 5. The SMILES string of the molecule is CN[C@H](C(=O)N[C@H](C(=O)N(C)[C@H](C=C(C)C(=O)O)C(C)C)C(C)(C)C)C(C)(C)c1ccc(OC)cc1. The van der Waals surface area contributed by atoms with E-state index in [1.165, 1.54) is 11.8 Å². The number of aliphatic carboxylic acids is 1. The first-order valence-corrected chi connectivity index (χ1v) is 12.3. The maximum atomic E-state index is 13.7. The summed E-state index contributed by atoms with van der Waals surface area (Å²) in [5, 5.41) is 15.5. The van der Waals surface area contributed by atoms with Gasteiger partial charge >= 0.3 is 5.97 Å². The van der Waals surface area contributed by atoms with Gasteiger partial charge in [-0.25, -0.2) is 4.79 Å². The Morgan fingerprint density at radius 3 is 1.94 bits per heavy atom. The number of nitrogens with one attached hydrogen (secondary N) is 2. The molecule has 3 N–H and O–H groups in total. The minimum Gasteiger partial charge on any atom is -0.497 e. The van der Waals surface area contributed by atoms with Crippen molar-refractivity contribution in [3.63, 3.8) is 0 Å². The molecule has 0 fully saturated rings. The summed E-state index contributed by atoms with van der Waals surface area (Å²) in [5.41, 5.74) is -0.0649. The predicted octanol–water partition coefficient (Wildman–Crippen LogP) is 3.61.